The van der Waals surface area contributed by atoms with Crippen LogP contribution in [0.25, 0.3) is 22.2 Å². The molecule has 2 N–H and O–H groups in total. The van der Waals surface area contributed by atoms with Crippen LogP contribution in [0.15, 0.2) is 65.8 Å². The third-order valence-corrected chi connectivity index (χ3v) is 8.88. The molecular formula is C27H31N5O3S. The van der Waals surface area contributed by atoms with Crippen LogP contribution in [0.2, 0.25) is 0 Å². The van der Waals surface area contributed by atoms with Gasteiger partial charge in [-0.3, -0.25) is 9.89 Å². The number of hydrogen-bond donors (Lipinski definition) is 2. The molecule has 1 fully saturated rings. The van der Waals surface area contributed by atoms with Crippen molar-refractivity contribution in [1.29, 1.82) is 0 Å². The number of carbonyl (C=O) groups excluding carboxylic acids is 1. The predicted molar refractivity (Wildman–Crippen MR) is 140 cm³/mol. The molecule has 0 bridgehead atoms. The lowest BCUT2D eigenvalue weighted by atomic mass is 10.1. The number of carbonyl (C=O) groups is 1. The van der Waals surface area contributed by atoms with Gasteiger partial charge >= 0.3 is 0 Å². The summed E-state index contributed by atoms with van der Waals surface area (Å²) in [7, 11) is -3.52. The Bertz CT molecular complexity index is 1470. The van der Waals surface area contributed by atoms with Gasteiger partial charge in [0.05, 0.1) is 10.6 Å². The van der Waals surface area contributed by atoms with Gasteiger partial charge in [0.25, 0.3) is 0 Å². The fraction of sp³-hybridized carbons (Fsp3) is 0.333. The number of fused-ring (bicyclic) bond motifs is 1. The first-order valence-electron chi connectivity index (χ1n) is 12.3. The SMILES string of the molecule is Cc1cn(C(C)C(=O)NCc2ccc(-c3ccn[nH]3)cc2)c2ccc(S(=O)(=O)N3CCCCC3)cc12. The molecule has 4 aromatic rings. The Hall–Kier alpha value is -3.43. The highest BCUT2D eigenvalue weighted by molar-refractivity contribution is 7.89. The van der Waals surface area contributed by atoms with Gasteiger partial charge < -0.3 is 9.88 Å². The Kier molecular flexibility index (Phi) is 6.68. The van der Waals surface area contributed by atoms with Gasteiger partial charge in [-0.15, -0.1) is 0 Å². The molecule has 1 saturated heterocycles. The van der Waals surface area contributed by atoms with E-state index in [1.54, 1.807) is 22.6 Å². The second kappa shape index (κ2) is 9.91. The van der Waals surface area contributed by atoms with E-state index in [9.17, 15) is 13.2 Å². The molecule has 5 rings (SSSR count). The van der Waals surface area contributed by atoms with E-state index in [0.717, 1.165) is 52.5 Å². The van der Waals surface area contributed by atoms with Crippen molar-refractivity contribution in [3.8, 4) is 11.3 Å². The summed E-state index contributed by atoms with van der Waals surface area (Å²) in [5.41, 5.74) is 4.76. The summed E-state index contributed by atoms with van der Waals surface area (Å²) < 4.78 is 29.8. The molecule has 2 aromatic heterocycles. The molecule has 0 radical (unpaired) electrons. The maximum atomic E-state index is 13.1. The predicted octanol–water partition coefficient (Wildman–Crippen LogP) is 4.39. The molecule has 0 spiro atoms. The summed E-state index contributed by atoms with van der Waals surface area (Å²) in [5, 5.41) is 10.8. The fourth-order valence-corrected chi connectivity index (χ4v) is 6.36. The zero-order valence-electron chi connectivity index (χ0n) is 20.6. The smallest absolute Gasteiger partial charge is 0.243 e. The molecule has 1 aliphatic rings. The van der Waals surface area contributed by atoms with Crippen LogP contribution >= 0.6 is 0 Å². The lowest BCUT2D eigenvalue weighted by Gasteiger charge is -2.26. The van der Waals surface area contributed by atoms with Gasteiger partial charge in [-0.1, -0.05) is 30.7 Å². The Morgan fingerprint density at radius 1 is 1.08 bits per heavy atom. The molecular weight excluding hydrogens is 474 g/mol. The molecule has 188 valence electrons. The van der Waals surface area contributed by atoms with E-state index in [0.29, 0.717) is 24.5 Å². The molecule has 0 aliphatic carbocycles. The number of aromatic amines is 1. The summed E-state index contributed by atoms with van der Waals surface area (Å²) in [4.78, 5) is 13.3. The van der Waals surface area contributed by atoms with E-state index in [-0.39, 0.29) is 5.91 Å². The van der Waals surface area contributed by atoms with Crippen LogP contribution in [0, 0.1) is 6.92 Å². The quantitative estimate of drug-likeness (QED) is 0.389. The summed E-state index contributed by atoms with van der Waals surface area (Å²) in [5.74, 6) is -0.102. The number of sulfonamides is 1. The highest BCUT2D eigenvalue weighted by atomic mass is 32.2. The van der Waals surface area contributed by atoms with E-state index >= 15 is 0 Å². The van der Waals surface area contributed by atoms with Gasteiger partial charge in [0.15, 0.2) is 0 Å². The molecule has 9 heteroatoms. The van der Waals surface area contributed by atoms with Crippen molar-refractivity contribution >= 4 is 26.8 Å². The maximum absolute atomic E-state index is 13.1. The second-order valence-corrected chi connectivity index (χ2v) is 11.4. The van der Waals surface area contributed by atoms with E-state index in [1.807, 2.05) is 61.0 Å². The van der Waals surface area contributed by atoms with Crippen molar-refractivity contribution in [1.82, 2.24) is 24.4 Å². The third-order valence-electron chi connectivity index (χ3n) is 6.99. The number of benzene rings is 2. The van der Waals surface area contributed by atoms with Crippen LogP contribution in [0.4, 0.5) is 0 Å². The topological polar surface area (TPSA) is 100 Å². The lowest BCUT2D eigenvalue weighted by molar-refractivity contribution is -0.123. The fourth-order valence-electron chi connectivity index (χ4n) is 4.82. The van der Waals surface area contributed by atoms with Gasteiger partial charge in [-0.2, -0.15) is 9.40 Å². The largest absolute Gasteiger partial charge is 0.350 e. The second-order valence-electron chi connectivity index (χ2n) is 9.42. The summed E-state index contributed by atoms with van der Waals surface area (Å²) in [6.07, 6.45) is 6.51. The number of rotatable bonds is 7. The third kappa shape index (κ3) is 4.68. The van der Waals surface area contributed by atoms with Crippen LogP contribution < -0.4 is 5.32 Å². The normalized spacial score (nSPS) is 15.7. The van der Waals surface area contributed by atoms with E-state index in [2.05, 4.69) is 15.5 Å². The minimum absolute atomic E-state index is 0.102. The van der Waals surface area contributed by atoms with Crippen LogP contribution in [0.3, 0.4) is 0 Å². The monoisotopic (exact) mass is 505 g/mol. The number of aromatic nitrogens is 3. The Morgan fingerprint density at radius 3 is 2.53 bits per heavy atom. The minimum Gasteiger partial charge on any atom is -0.350 e. The first-order valence-corrected chi connectivity index (χ1v) is 13.8. The number of nitrogens with one attached hydrogen (secondary N) is 2. The number of H-pyrrole nitrogens is 1. The first kappa shape index (κ1) is 24.3. The molecule has 1 atom stereocenters. The van der Waals surface area contributed by atoms with Crippen LogP contribution in [0.5, 0.6) is 0 Å². The number of piperidine rings is 1. The van der Waals surface area contributed by atoms with Crippen LogP contribution in [-0.4, -0.2) is 46.5 Å². The van der Waals surface area contributed by atoms with E-state index < -0.39 is 16.1 Å². The number of amides is 1. The molecule has 3 heterocycles. The van der Waals surface area contributed by atoms with Gasteiger partial charge in [0.1, 0.15) is 6.04 Å². The zero-order valence-corrected chi connectivity index (χ0v) is 21.4. The Balaban J connectivity index is 1.30. The lowest BCUT2D eigenvalue weighted by Crippen LogP contribution is -2.35. The maximum Gasteiger partial charge on any atom is 0.243 e. The Labute approximate surface area is 211 Å². The van der Waals surface area contributed by atoms with E-state index in [4.69, 9.17) is 0 Å². The van der Waals surface area contributed by atoms with Crippen molar-refractivity contribution in [2.75, 3.05) is 13.1 Å². The average Bonchev–Trinajstić information content (AvgIpc) is 3.56. The highest BCUT2D eigenvalue weighted by Crippen LogP contribution is 2.29. The van der Waals surface area contributed by atoms with Gasteiger partial charge in [0, 0.05) is 42.9 Å². The summed E-state index contributed by atoms with van der Waals surface area (Å²) >= 11 is 0. The number of nitrogens with zero attached hydrogens (tertiary/aromatic N) is 3. The first-order chi connectivity index (χ1) is 17.3. The zero-order chi connectivity index (χ0) is 25.3. The number of hydrogen-bond acceptors (Lipinski definition) is 4. The van der Waals surface area contributed by atoms with Crippen LogP contribution in [0.1, 0.15) is 43.4 Å². The van der Waals surface area contributed by atoms with E-state index in [1.165, 1.54) is 0 Å². The molecule has 1 unspecified atom stereocenters. The highest BCUT2D eigenvalue weighted by Gasteiger charge is 2.27. The van der Waals surface area contributed by atoms with Crippen LogP contribution in [-0.2, 0) is 21.4 Å². The molecule has 2 aromatic carbocycles. The van der Waals surface area contributed by atoms with Crippen molar-refractivity contribution in [2.24, 2.45) is 0 Å². The summed E-state index contributed by atoms with van der Waals surface area (Å²) in [6.45, 7) is 5.37. The molecule has 8 nitrogen and oxygen atoms in total. The van der Waals surface area contributed by atoms with Crippen molar-refractivity contribution in [3.63, 3.8) is 0 Å². The standard InChI is InChI=1S/C27H31N5O3S/c1-19-18-32(26-11-10-23(16-24(19)26)36(34,35)31-14-4-3-5-15-31)20(2)27(33)28-17-21-6-8-22(9-7-21)25-12-13-29-30-25/h6-13,16,18,20H,3-5,14-15,17H2,1-2H3,(H,28,33)(H,29,30). The molecule has 36 heavy (non-hydrogen) atoms. The Morgan fingerprint density at radius 2 is 1.83 bits per heavy atom. The average molecular weight is 506 g/mol. The molecule has 0 saturated carbocycles. The minimum atomic E-state index is -3.52. The molecule has 1 aliphatic heterocycles. The van der Waals surface area contributed by atoms with Crippen molar-refractivity contribution < 1.29 is 13.2 Å². The van der Waals surface area contributed by atoms with Crippen molar-refractivity contribution in [2.45, 2.75) is 50.6 Å². The summed E-state index contributed by atoms with van der Waals surface area (Å²) in [6, 6.07) is 14.7. The number of aryl methyl sites for hydroxylation is 1. The van der Waals surface area contributed by atoms with Gasteiger partial charge in [-0.25, -0.2) is 8.42 Å². The van der Waals surface area contributed by atoms with Gasteiger partial charge in [0.2, 0.25) is 15.9 Å². The molecule has 1 amide bonds. The van der Waals surface area contributed by atoms with Gasteiger partial charge in [-0.05, 0) is 67.6 Å². The van der Waals surface area contributed by atoms with Crippen molar-refractivity contribution in [3.05, 3.63) is 72.1 Å².